The van der Waals surface area contributed by atoms with E-state index in [9.17, 15) is 4.39 Å². The third kappa shape index (κ3) is 7.94. The summed E-state index contributed by atoms with van der Waals surface area (Å²) in [6, 6.07) is 22.5. The lowest BCUT2D eigenvalue weighted by Crippen LogP contribution is -2.15. The standard InChI is InChI=1S/C33H40ClF/c1-2-3-4-5-25-6-8-26(9-7-25)10-11-27-12-14-28(15-13-27)16-17-29-18-23-32(33(35)24-29)30-19-21-31(34)22-20-30/h6-9,18-24,27-28H,2-5,10-17H2,1H3. The third-order valence-corrected chi connectivity index (χ3v) is 8.18. The molecule has 0 bridgehead atoms. The molecule has 0 atom stereocenters. The Kier molecular flexibility index (Phi) is 9.83. The molecule has 1 saturated carbocycles. The topological polar surface area (TPSA) is 0 Å². The highest BCUT2D eigenvalue weighted by Gasteiger charge is 2.21. The summed E-state index contributed by atoms with van der Waals surface area (Å²) in [4.78, 5) is 0. The zero-order chi connectivity index (χ0) is 24.5. The number of hydrogen-bond acceptors (Lipinski definition) is 0. The minimum atomic E-state index is -0.137. The lowest BCUT2D eigenvalue weighted by Gasteiger charge is -2.28. The lowest BCUT2D eigenvalue weighted by atomic mass is 9.77. The molecule has 2 heteroatoms. The summed E-state index contributed by atoms with van der Waals surface area (Å²) in [5, 5.41) is 0.673. The summed E-state index contributed by atoms with van der Waals surface area (Å²) in [6.07, 6.45) is 15.2. The van der Waals surface area contributed by atoms with Gasteiger partial charge in [-0.15, -0.1) is 0 Å². The molecule has 4 rings (SSSR count). The van der Waals surface area contributed by atoms with Crippen molar-refractivity contribution in [2.45, 2.75) is 84.0 Å². The summed E-state index contributed by atoms with van der Waals surface area (Å²) >= 11 is 5.96. The first-order valence-corrected chi connectivity index (χ1v) is 14.1. The molecule has 0 spiro atoms. The lowest BCUT2D eigenvalue weighted by molar-refractivity contribution is 0.253. The molecule has 0 unspecified atom stereocenters. The second-order valence-corrected chi connectivity index (χ2v) is 11.0. The second-order valence-electron chi connectivity index (χ2n) is 10.6. The van der Waals surface area contributed by atoms with Crippen LogP contribution in [0.3, 0.4) is 0 Å². The van der Waals surface area contributed by atoms with Crippen LogP contribution < -0.4 is 0 Å². The van der Waals surface area contributed by atoms with Crippen LogP contribution in [0.2, 0.25) is 5.02 Å². The van der Waals surface area contributed by atoms with E-state index < -0.39 is 0 Å². The molecule has 0 saturated heterocycles. The largest absolute Gasteiger partial charge is 0.206 e. The van der Waals surface area contributed by atoms with Crippen LogP contribution in [-0.4, -0.2) is 0 Å². The van der Waals surface area contributed by atoms with Crippen molar-refractivity contribution in [2.75, 3.05) is 0 Å². The van der Waals surface area contributed by atoms with Gasteiger partial charge in [0, 0.05) is 10.6 Å². The van der Waals surface area contributed by atoms with Crippen molar-refractivity contribution in [3.8, 4) is 11.1 Å². The van der Waals surface area contributed by atoms with Crippen LogP contribution in [0.15, 0.2) is 66.7 Å². The van der Waals surface area contributed by atoms with Crippen LogP contribution in [0.1, 0.15) is 81.4 Å². The first-order valence-electron chi connectivity index (χ1n) is 13.7. The quantitative estimate of drug-likeness (QED) is 0.234. The van der Waals surface area contributed by atoms with Crippen molar-refractivity contribution in [1.82, 2.24) is 0 Å². The molecule has 1 aliphatic carbocycles. The molecule has 1 aliphatic rings. The molecule has 0 N–H and O–H groups in total. The van der Waals surface area contributed by atoms with Gasteiger partial charge in [0.25, 0.3) is 0 Å². The van der Waals surface area contributed by atoms with E-state index in [1.165, 1.54) is 81.8 Å². The van der Waals surface area contributed by atoms with Gasteiger partial charge in [-0.25, -0.2) is 4.39 Å². The van der Waals surface area contributed by atoms with Crippen LogP contribution in [0.5, 0.6) is 0 Å². The SMILES string of the molecule is CCCCCc1ccc(CCC2CCC(CCc3ccc(-c4ccc(Cl)cc4)c(F)c3)CC2)cc1. The van der Waals surface area contributed by atoms with Gasteiger partial charge in [-0.2, -0.15) is 0 Å². The van der Waals surface area contributed by atoms with E-state index in [-0.39, 0.29) is 5.82 Å². The monoisotopic (exact) mass is 490 g/mol. The molecule has 186 valence electrons. The van der Waals surface area contributed by atoms with Crippen molar-refractivity contribution < 1.29 is 4.39 Å². The van der Waals surface area contributed by atoms with E-state index in [4.69, 9.17) is 11.6 Å². The van der Waals surface area contributed by atoms with Gasteiger partial charge in [0.2, 0.25) is 0 Å². The third-order valence-electron chi connectivity index (χ3n) is 7.93. The summed E-state index contributed by atoms with van der Waals surface area (Å²) in [7, 11) is 0. The molecule has 0 nitrogen and oxygen atoms in total. The van der Waals surface area contributed by atoms with Crippen LogP contribution in [0, 0.1) is 17.7 Å². The molecule has 35 heavy (non-hydrogen) atoms. The van der Waals surface area contributed by atoms with Gasteiger partial charge >= 0.3 is 0 Å². The van der Waals surface area contributed by atoms with E-state index in [1.54, 1.807) is 6.07 Å². The maximum Gasteiger partial charge on any atom is 0.131 e. The maximum atomic E-state index is 14.7. The first-order chi connectivity index (χ1) is 17.1. The van der Waals surface area contributed by atoms with E-state index >= 15 is 0 Å². The fourth-order valence-corrected chi connectivity index (χ4v) is 5.71. The molecule has 0 radical (unpaired) electrons. The van der Waals surface area contributed by atoms with E-state index in [2.05, 4.69) is 37.3 Å². The average molecular weight is 491 g/mol. The van der Waals surface area contributed by atoms with Crippen LogP contribution in [0.4, 0.5) is 4.39 Å². The second kappa shape index (κ2) is 13.3. The van der Waals surface area contributed by atoms with Crippen molar-refractivity contribution in [3.63, 3.8) is 0 Å². The number of unbranched alkanes of at least 4 members (excludes halogenated alkanes) is 2. The fraction of sp³-hybridized carbons (Fsp3) is 0.455. The Labute approximate surface area is 216 Å². The molecule has 1 fully saturated rings. The van der Waals surface area contributed by atoms with E-state index in [1.807, 2.05) is 30.3 Å². The normalized spacial score (nSPS) is 18.0. The highest BCUT2D eigenvalue weighted by molar-refractivity contribution is 6.30. The highest BCUT2D eigenvalue weighted by atomic mass is 35.5. The minimum Gasteiger partial charge on any atom is -0.206 e. The minimum absolute atomic E-state index is 0.137. The number of benzene rings is 3. The van der Waals surface area contributed by atoms with Crippen molar-refractivity contribution in [1.29, 1.82) is 0 Å². The van der Waals surface area contributed by atoms with Gasteiger partial charge in [-0.05, 0) is 90.8 Å². The number of hydrogen-bond donors (Lipinski definition) is 0. The smallest absolute Gasteiger partial charge is 0.131 e. The van der Waals surface area contributed by atoms with Gasteiger partial charge in [-0.3, -0.25) is 0 Å². The van der Waals surface area contributed by atoms with Gasteiger partial charge < -0.3 is 0 Å². The van der Waals surface area contributed by atoms with Crippen molar-refractivity contribution in [3.05, 3.63) is 94.3 Å². The van der Waals surface area contributed by atoms with Crippen molar-refractivity contribution in [2.24, 2.45) is 11.8 Å². The highest BCUT2D eigenvalue weighted by Crippen LogP contribution is 2.34. The van der Waals surface area contributed by atoms with E-state index in [0.29, 0.717) is 10.6 Å². The molecular formula is C33H40ClF. The Balaban J connectivity index is 1.17. The zero-order valence-corrected chi connectivity index (χ0v) is 22.0. The Morgan fingerprint density at radius 1 is 0.686 bits per heavy atom. The predicted octanol–water partition coefficient (Wildman–Crippen LogP) is 10.3. The van der Waals surface area contributed by atoms with Crippen molar-refractivity contribution >= 4 is 11.6 Å². The molecule has 0 heterocycles. The van der Waals surface area contributed by atoms with E-state index in [0.717, 1.165) is 29.4 Å². The summed E-state index contributed by atoms with van der Waals surface area (Å²) in [6.45, 7) is 2.26. The summed E-state index contributed by atoms with van der Waals surface area (Å²) in [5.74, 6) is 1.52. The Morgan fingerprint density at radius 3 is 1.80 bits per heavy atom. The number of rotatable bonds is 11. The Morgan fingerprint density at radius 2 is 1.23 bits per heavy atom. The molecule has 0 amide bonds. The van der Waals surface area contributed by atoms with Gasteiger partial charge in [0.15, 0.2) is 0 Å². The average Bonchev–Trinajstić information content (AvgIpc) is 2.88. The predicted molar refractivity (Wildman–Crippen MR) is 149 cm³/mol. The Hall–Kier alpha value is -2.12. The molecule has 0 aliphatic heterocycles. The first kappa shape index (κ1) is 26.0. The van der Waals surface area contributed by atoms with Crippen LogP contribution >= 0.6 is 11.6 Å². The summed E-state index contributed by atoms with van der Waals surface area (Å²) < 4.78 is 14.7. The number of aryl methyl sites for hydroxylation is 3. The molecule has 0 aromatic heterocycles. The molecule has 3 aromatic carbocycles. The zero-order valence-electron chi connectivity index (χ0n) is 21.2. The Bertz CT molecular complexity index is 1030. The van der Waals surface area contributed by atoms with Gasteiger partial charge in [-0.1, -0.05) is 106 Å². The number of halogens is 2. The van der Waals surface area contributed by atoms with Gasteiger partial charge in [0.1, 0.15) is 5.82 Å². The molecular weight excluding hydrogens is 451 g/mol. The maximum absolute atomic E-state index is 14.7. The fourth-order valence-electron chi connectivity index (χ4n) is 5.58. The summed E-state index contributed by atoms with van der Waals surface area (Å²) in [5.41, 5.74) is 5.62. The van der Waals surface area contributed by atoms with Crippen LogP contribution in [0.25, 0.3) is 11.1 Å². The molecule has 3 aromatic rings. The van der Waals surface area contributed by atoms with Gasteiger partial charge in [0.05, 0.1) is 0 Å². The van der Waals surface area contributed by atoms with Crippen LogP contribution in [-0.2, 0) is 19.3 Å².